The van der Waals surface area contributed by atoms with E-state index in [9.17, 15) is 18.4 Å². The van der Waals surface area contributed by atoms with Crippen LogP contribution in [0.25, 0.3) is 0 Å². The van der Waals surface area contributed by atoms with Gasteiger partial charge in [0.2, 0.25) is 0 Å². The molecule has 1 aliphatic heterocycles. The van der Waals surface area contributed by atoms with Gasteiger partial charge in [-0.2, -0.15) is 18.4 Å². The summed E-state index contributed by atoms with van der Waals surface area (Å²) in [6, 6.07) is 4.15. The van der Waals surface area contributed by atoms with Crippen LogP contribution in [0.3, 0.4) is 0 Å². The first-order valence-corrected chi connectivity index (χ1v) is 8.90. The van der Waals surface area contributed by atoms with E-state index in [1.807, 2.05) is 6.07 Å². The fourth-order valence-corrected chi connectivity index (χ4v) is 3.70. The van der Waals surface area contributed by atoms with Crippen LogP contribution >= 0.6 is 0 Å². The quantitative estimate of drug-likeness (QED) is 0.901. The molecular formula is C18H23F3N4. The number of rotatable bonds is 4. The summed E-state index contributed by atoms with van der Waals surface area (Å²) in [4.78, 5) is 6.11. The number of pyridine rings is 1. The third-order valence-corrected chi connectivity index (χ3v) is 5.09. The smallest absolute Gasteiger partial charge is 0.369 e. The third-order valence-electron chi connectivity index (χ3n) is 5.09. The van der Waals surface area contributed by atoms with Crippen LogP contribution in [0.1, 0.15) is 42.5 Å². The highest BCUT2D eigenvalue weighted by Crippen LogP contribution is 2.26. The molecule has 2 heterocycles. The van der Waals surface area contributed by atoms with Gasteiger partial charge in [-0.3, -0.25) is 4.90 Å². The molecule has 1 N–H and O–H groups in total. The number of aromatic nitrogens is 1. The summed E-state index contributed by atoms with van der Waals surface area (Å²) in [7, 11) is 0. The normalized spacial score (nSPS) is 19.3. The number of nitrogens with one attached hydrogen (secondary N) is 1. The molecule has 0 spiro atoms. The minimum atomic E-state index is -4.13. The summed E-state index contributed by atoms with van der Waals surface area (Å²) >= 11 is 0. The number of nitriles is 1. The molecule has 0 amide bonds. The van der Waals surface area contributed by atoms with Crippen molar-refractivity contribution in [2.75, 3.05) is 31.5 Å². The zero-order valence-electron chi connectivity index (χ0n) is 14.2. The van der Waals surface area contributed by atoms with Crippen molar-refractivity contribution in [2.45, 2.75) is 44.7 Å². The zero-order chi connectivity index (χ0) is 17.9. The zero-order valence-corrected chi connectivity index (χ0v) is 14.2. The summed E-state index contributed by atoms with van der Waals surface area (Å²) in [6.07, 6.45) is 1.54. The lowest BCUT2D eigenvalue weighted by Crippen LogP contribution is -2.41. The van der Waals surface area contributed by atoms with Crippen LogP contribution in [-0.2, 0) is 12.8 Å². The Morgan fingerprint density at radius 2 is 1.96 bits per heavy atom. The van der Waals surface area contributed by atoms with Gasteiger partial charge >= 0.3 is 6.18 Å². The molecule has 0 radical (unpaired) electrons. The van der Waals surface area contributed by atoms with Gasteiger partial charge in [-0.25, -0.2) is 4.98 Å². The predicted molar refractivity (Wildman–Crippen MR) is 89.3 cm³/mol. The Morgan fingerprint density at radius 1 is 1.24 bits per heavy atom. The number of hydrogen-bond donors (Lipinski definition) is 1. The maximum Gasteiger partial charge on any atom is 0.401 e. The van der Waals surface area contributed by atoms with E-state index in [2.05, 4.69) is 16.4 Å². The highest BCUT2D eigenvalue weighted by atomic mass is 19.4. The van der Waals surface area contributed by atoms with E-state index >= 15 is 0 Å². The Balaban J connectivity index is 1.55. The molecule has 7 heteroatoms. The van der Waals surface area contributed by atoms with Crippen LogP contribution in [-0.4, -0.2) is 42.2 Å². The summed E-state index contributed by atoms with van der Waals surface area (Å²) in [5.41, 5.74) is 2.82. The minimum absolute atomic E-state index is 0.314. The fourth-order valence-electron chi connectivity index (χ4n) is 3.70. The summed E-state index contributed by atoms with van der Waals surface area (Å²) in [5.74, 6) is 0.940. The van der Waals surface area contributed by atoms with E-state index in [-0.39, 0.29) is 0 Å². The van der Waals surface area contributed by atoms with Crippen molar-refractivity contribution >= 4 is 5.82 Å². The monoisotopic (exact) mass is 352 g/mol. The Kier molecular flexibility index (Phi) is 5.48. The van der Waals surface area contributed by atoms with Gasteiger partial charge in [0.25, 0.3) is 0 Å². The average molecular weight is 352 g/mol. The van der Waals surface area contributed by atoms with Crippen LogP contribution in [0.15, 0.2) is 6.07 Å². The maximum absolute atomic E-state index is 12.4. The number of hydrogen-bond acceptors (Lipinski definition) is 4. The molecule has 3 rings (SSSR count). The van der Waals surface area contributed by atoms with Gasteiger partial charge in [0, 0.05) is 12.2 Å². The fraction of sp³-hybridized carbons (Fsp3) is 0.667. The van der Waals surface area contributed by atoms with Crippen LogP contribution in [0.4, 0.5) is 19.0 Å². The van der Waals surface area contributed by atoms with E-state index in [1.54, 1.807) is 0 Å². The summed E-state index contributed by atoms with van der Waals surface area (Å²) in [6.45, 7) is 0.765. The van der Waals surface area contributed by atoms with Gasteiger partial charge in [0.15, 0.2) is 0 Å². The number of likely N-dealkylation sites (tertiary alicyclic amines) is 1. The van der Waals surface area contributed by atoms with Crippen molar-refractivity contribution < 1.29 is 13.2 Å². The number of anilines is 1. The van der Waals surface area contributed by atoms with Crippen molar-refractivity contribution in [1.82, 2.24) is 9.88 Å². The number of halogens is 3. The highest BCUT2D eigenvalue weighted by molar-refractivity contribution is 5.54. The number of aryl methyl sites for hydroxylation is 2. The predicted octanol–water partition coefficient (Wildman–Crippen LogP) is 3.52. The lowest BCUT2D eigenvalue weighted by molar-refractivity contribution is -0.148. The maximum atomic E-state index is 12.4. The number of piperidine rings is 1. The molecule has 1 fully saturated rings. The van der Waals surface area contributed by atoms with E-state index in [1.165, 1.54) is 10.5 Å². The van der Waals surface area contributed by atoms with E-state index in [4.69, 9.17) is 0 Å². The van der Waals surface area contributed by atoms with Crippen LogP contribution in [0, 0.1) is 17.2 Å². The van der Waals surface area contributed by atoms with Crippen LogP contribution in [0.2, 0.25) is 0 Å². The number of fused-ring (bicyclic) bond motifs is 1. The van der Waals surface area contributed by atoms with Crippen molar-refractivity contribution in [3.8, 4) is 6.07 Å². The molecule has 4 nitrogen and oxygen atoms in total. The first kappa shape index (κ1) is 18.0. The second-order valence-electron chi connectivity index (χ2n) is 7.02. The Labute approximate surface area is 146 Å². The highest BCUT2D eigenvalue weighted by Gasteiger charge is 2.32. The largest absolute Gasteiger partial charge is 0.401 e. The van der Waals surface area contributed by atoms with Gasteiger partial charge in [-0.05, 0) is 69.2 Å². The molecule has 25 heavy (non-hydrogen) atoms. The minimum Gasteiger partial charge on any atom is -0.369 e. The number of nitrogens with zero attached hydrogens (tertiary/aromatic N) is 3. The summed E-state index contributed by atoms with van der Waals surface area (Å²) < 4.78 is 37.3. The van der Waals surface area contributed by atoms with Gasteiger partial charge in [-0.15, -0.1) is 0 Å². The SMILES string of the molecule is N#Cc1cc2c(nc1NCC1CCN(CC(F)(F)F)CC1)CCCC2. The van der Waals surface area contributed by atoms with E-state index < -0.39 is 12.7 Å². The van der Waals surface area contributed by atoms with Crippen molar-refractivity contribution in [3.63, 3.8) is 0 Å². The number of alkyl halides is 3. The molecule has 1 saturated heterocycles. The molecule has 0 unspecified atom stereocenters. The van der Waals surface area contributed by atoms with Crippen molar-refractivity contribution in [1.29, 1.82) is 5.26 Å². The van der Waals surface area contributed by atoms with Crippen molar-refractivity contribution in [3.05, 3.63) is 22.9 Å². The molecule has 0 bridgehead atoms. The molecular weight excluding hydrogens is 329 g/mol. The first-order valence-electron chi connectivity index (χ1n) is 8.90. The van der Waals surface area contributed by atoms with Gasteiger partial charge in [0.05, 0.1) is 12.1 Å². The van der Waals surface area contributed by atoms with Gasteiger partial charge in [-0.1, -0.05) is 0 Å². The Morgan fingerprint density at radius 3 is 2.64 bits per heavy atom. The van der Waals surface area contributed by atoms with E-state index in [0.717, 1.165) is 44.2 Å². The molecule has 1 aromatic heterocycles. The lowest BCUT2D eigenvalue weighted by Gasteiger charge is -2.32. The molecule has 1 aliphatic carbocycles. The standard InChI is InChI=1S/C18H23F3N4/c19-18(20,21)12-25-7-5-13(6-8-25)11-23-17-15(10-22)9-14-3-1-2-4-16(14)24-17/h9,13H,1-8,11-12H2,(H,23,24). The second kappa shape index (κ2) is 7.61. The lowest BCUT2D eigenvalue weighted by atomic mass is 9.94. The third kappa shape index (κ3) is 4.85. The van der Waals surface area contributed by atoms with Crippen LogP contribution < -0.4 is 5.32 Å². The Bertz CT molecular complexity index is 643. The second-order valence-corrected chi connectivity index (χ2v) is 7.02. The topological polar surface area (TPSA) is 52.0 Å². The molecule has 136 valence electrons. The molecule has 0 atom stereocenters. The molecule has 0 saturated carbocycles. The Hall–Kier alpha value is -1.81. The van der Waals surface area contributed by atoms with Gasteiger partial charge in [0.1, 0.15) is 11.9 Å². The molecule has 1 aromatic rings. The molecule has 2 aliphatic rings. The first-order chi connectivity index (χ1) is 11.9. The van der Waals surface area contributed by atoms with Gasteiger partial charge < -0.3 is 5.32 Å². The van der Waals surface area contributed by atoms with Crippen LogP contribution in [0.5, 0.6) is 0 Å². The molecule has 0 aromatic carbocycles. The summed E-state index contributed by atoms with van der Waals surface area (Å²) in [5, 5.41) is 12.6. The van der Waals surface area contributed by atoms with E-state index in [0.29, 0.717) is 36.9 Å². The average Bonchev–Trinajstić information content (AvgIpc) is 2.59. The van der Waals surface area contributed by atoms with Crippen molar-refractivity contribution in [2.24, 2.45) is 5.92 Å².